The Morgan fingerprint density at radius 1 is 1.22 bits per heavy atom. The molecule has 1 aromatic carbocycles. The molecular formula is C14H19N3O. The van der Waals surface area contributed by atoms with Crippen LogP contribution in [0.5, 0.6) is 5.75 Å². The van der Waals surface area contributed by atoms with Crippen molar-refractivity contribution in [3.8, 4) is 17.0 Å². The fourth-order valence-electron chi connectivity index (χ4n) is 2.01. The number of aromatic amines is 1. The third-order valence-electron chi connectivity index (χ3n) is 2.85. The second kappa shape index (κ2) is 5.58. The number of hydrogen-bond acceptors (Lipinski definition) is 3. The first kappa shape index (κ1) is 12.5. The van der Waals surface area contributed by atoms with Crippen molar-refractivity contribution in [2.75, 3.05) is 12.3 Å². The van der Waals surface area contributed by atoms with Crippen LogP contribution in [-0.4, -0.2) is 16.8 Å². The highest BCUT2D eigenvalue weighted by molar-refractivity contribution is 5.68. The van der Waals surface area contributed by atoms with Crippen LogP contribution in [0.15, 0.2) is 24.3 Å². The van der Waals surface area contributed by atoms with Gasteiger partial charge in [-0.1, -0.05) is 13.3 Å². The molecule has 18 heavy (non-hydrogen) atoms. The summed E-state index contributed by atoms with van der Waals surface area (Å²) in [5.41, 5.74) is 9.07. The average Bonchev–Trinajstić information content (AvgIpc) is 2.73. The maximum Gasteiger partial charge on any atom is 0.149 e. The first-order chi connectivity index (χ1) is 8.76. The number of nitrogens with zero attached hydrogens (tertiary/aromatic N) is 1. The van der Waals surface area contributed by atoms with Gasteiger partial charge in [0.05, 0.1) is 12.3 Å². The van der Waals surface area contributed by atoms with Crippen molar-refractivity contribution in [3.63, 3.8) is 0 Å². The number of nitrogens with one attached hydrogen (secondary N) is 1. The lowest BCUT2D eigenvalue weighted by atomic mass is 10.0. The van der Waals surface area contributed by atoms with Crippen molar-refractivity contribution >= 4 is 5.82 Å². The highest BCUT2D eigenvalue weighted by Crippen LogP contribution is 2.27. The summed E-state index contributed by atoms with van der Waals surface area (Å²) in [6.07, 6.45) is 1.98. The van der Waals surface area contributed by atoms with Crippen LogP contribution in [0, 0.1) is 0 Å². The smallest absolute Gasteiger partial charge is 0.149 e. The minimum Gasteiger partial charge on any atom is -0.494 e. The maximum atomic E-state index is 5.88. The van der Waals surface area contributed by atoms with Crippen LogP contribution < -0.4 is 10.5 Å². The first-order valence-corrected chi connectivity index (χ1v) is 6.32. The normalized spacial score (nSPS) is 10.6. The second-order valence-corrected chi connectivity index (χ2v) is 4.17. The van der Waals surface area contributed by atoms with E-state index < -0.39 is 0 Å². The molecule has 0 unspecified atom stereocenters. The summed E-state index contributed by atoms with van der Waals surface area (Å²) in [7, 11) is 0. The quantitative estimate of drug-likeness (QED) is 0.851. The SMILES string of the molecule is CCCc1c(N)n[nH]c1-c1ccc(OCC)cc1. The lowest BCUT2D eigenvalue weighted by Gasteiger charge is -2.05. The lowest BCUT2D eigenvalue weighted by molar-refractivity contribution is 0.340. The van der Waals surface area contributed by atoms with E-state index in [0.717, 1.165) is 35.4 Å². The van der Waals surface area contributed by atoms with E-state index in [9.17, 15) is 0 Å². The van der Waals surface area contributed by atoms with E-state index in [-0.39, 0.29) is 0 Å². The topological polar surface area (TPSA) is 63.9 Å². The predicted molar refractivity (Wildman–Crippen MR) is 73.6 cm³/mol. The van der Waals surface area contributed by atoms with Gasteiger partial charge in [0.15, 0.2) is 0 Å². The molecule has 2 aromatic rings. The van der Waals surface area contributed by atoms with Gasteiger partial charge in [0, 0.05) is 11.1 Å². The van der Waals surface area contributed by atoms with Crippen LogP contribution >= 0.6 is 0 Å². The van der Waals surface area contributed by atoms with Crippen LogP contribution in [0.4, 0.5) is 5.82 Å². The summed E-state index contributed by atoms with van der Waals surface area (Å²) in [6, 6.07) is 7.98. The second-order valence-electron chi connectivity index (χ2n) is 4.17. The standard InChI is InChI=1S/C14H19N3O/c1-3-5-12-13(16-17-14(12)15)10-6-8-11(9-7-10)18-4-2/h6-9H,3-5H2,1-2H3,(H3,15,16,17). The van der Waals surface area contributed by atoms with Gasteiger partial charge in [-0.15, -0.1) is 0 Å². The van der Waals surface area contributed by atoms with Crippen molar-refractivity contribution in [2.45, 2.75) is 26.7 Å². The summed E-state index contributed by atoms with van der Waals surface area (Å²) in [5.74, 6) is 1.48. The Balaban J connectivity index is 2.30. The van der Waals surface area contributed by atoms with Gasteiger partial charge in [-0.2, -0.15) is 5.10 Å². The van der Waals surface area contributed by atoms with E-state index in [1.807, 2.05) is 31.2 Å². The summed E-state index contributed by atoms with van der Waals surface area (Å²) in [6.45, 7) is 4.79. The van der Waals surface area contributed by atoms with Crippen molar-refractivity contribution in [2.24, 2.45) is 0 Å². The Labute approximate surface area is 107 Å². The highest BCUT2D eigenvalue weighted by Gasteiger charge is 2.11. The molecule has 0 aliphatic carbocycles. The molecule has 2 rings (SSSR count). The van der Waals surface area contributed by atoms with E-state index in [1.54, 1.807) is 0 Å². The molecule has 0 radical (unpaired) electrons. The number of hydrogen-bond donors (Lipinski definition) is 2. The Bertz CT molecular complexity index is 502. The minimum atomic E-state index is 0.598. The summed E-state index contributed by atoms with van der Waals surface area (Å²) < 4.78 is 5.43. The van der Waals surface area contributed by atoms with Gasteiger partial charge < -0.3 is 10.5 Å². The molecule has 0 aliphatic heterocycles. The van der Waals surface area contributed by atoms with E-state index in [2.05, 4.69) is 17.1 Å². The Kier molecular flexibility index (Phi) is 3.87. The summed E-state index contributed by atoms with van der Waals surface area (Å²) >= 11 is 0. The Hall–Kier alpha value is -1.97. The number of anilines is 1. The molecule has 4 nitrogen and oxygen atoms in total. The highest BCUT2D eigenvalue weighted by atomic mass is 16.5. The number of aromatic nitrogens is 2. The van der Waals surface area contributed by atoms with Crippen molar-refractivity contribution in [3.05, 3.63) is 29.8 Å². The third-order valence-corrected chi connectivity index (χ3v) is 2.85. The van der Waals surface area contributed by atoms with E-state index >= 15 is 0 Å². The van der Waals surface area contributed by atoms with Gasteiger partial charge in [0.25, 0.3) is 0 Å². The molecule has 0 spiro atoms. The first-order valence-electron chi connectivity index (χ1n) is 6.32. The summed E-state index contributed by atoms with van der Waals surface area (Å²) in [5, 5.41) is 7.10. The predicted octanol–water partition coefficient (Wildman–Crippen LogP) is 3.01. The minimum absolute atomic E-state index is 0.598. The van der Waals surface area contributed by atoms with E-state index in [4.69, 9.17) is 10.5 Å². The molecule has 1 heterocycles. The van der Waals surface area contributed by atoms with Crippen molar-refractivity contribution in [1.82, 2.24) is 10.2 Å². The number of benzene rings is 1. The maximum absolute atomic E-state index is 5.88. The molecule has 0 fully saturated rings. The molecule has 4 heteroatoms. The largest absolute Gasteiger partial charge is 0.494 e. The van der Waals surface area contributed by atoms with Crippen LogP contribution in [0.25, 0.3) is 11.3 Å². The monoisotopic (exact) mass is 245 g/mol. The summed E-state index contributed by atoms with van der Waals surface area (Å²) in [4.78, 5) is 0. The fourth-order valence-corrected chi connectivity index (χ4v) is 2.01. The Morgan fingerprint density at radius 3 is 2.56 bits per heavy atom. The third kappa shape index (κ3) is 2.47. The number of rotatable bonds is 5. The molecule has 0 saturated heterocycles. The molecule has 1 aromatic heterocycles. The molecule has 3 N–H and O–H groups in total. The molecule has 0 amide bonds. The molecule has 0 atom stereocenters. The zero-order chi connectivity index (χ0) is 13.0. The van der Waals surface area contributed by atoms with Gasteiger partial charge in [-0.25, -0.2) is 0 Å². The van der Waals surface area contributed by atoms with Crippen LogP contribution in [0.2, 0.25) is 0 Å². The molecule has 0 aliphatic rings. The van der Waals surface area contributed by atoms with E-state index in [0.29, 0.717) is 12.4 Å². The zero-order valence-corrected chi connectivity index (χ0v) is 10.9. The molecule has 0 saturated carbocycles. The number of nitrogens with two attached hydrogens (primary N) is 1. The number of nitrogen functional groups attached to an aromatic ring is 1. The van der Waals surface area contributed by atoms with Crippen molar-refractivity contribution < 1.29 is 4.74 Å². The van der Waals surface area contributed by atoms with Crippen LogP contribution in [0.1, 0.15) is 25.8 Å². The number of ether oxygens (including phenoxy) is 1. The van der Waals surface area contributed by atoms with E-state index in [1.165, 1.54) is 0 Å². The van der Waals surface area contributed by atoms with Crippen LogP contribution in [-0.2, 0) is 6.42 Å². The molecular weight excluding hydrogens is 226 g/mol. The molecule has 96 valence electrons. The van der Waals surface area contributed by atoms with Gasteiger partial charge in [-0.3, -0.25) is 5.10 Å². The van der Waals surface area contributed by atoms with Crippen molar-refractivity contribution in [1.29, 1.82) is 0 Å². The van der Waals surface area contributed by atoms with Gasteiger partial charge in [-0.05, 0) is 37.6 Å². The average molecular weight is 245 g/mol. The van der Waals surface area contributed by atoms with Gasteiger partial charge >= 0.3 is 0 Å². The zero-order valence-electron chi connectivity index (χ0n) is 10.9. The van der Waals surface area contributed by atoms with Gasteiger partial charge in [0.1, 0.15) is 11.6 Å². The lowest BCUT2D eigenvalue weighted by Crippen LogP contribution is -1.93. The fraction of sp³-hybridized carbons (Fsp3) is 0.357. The van der Waals surface area contributed by atoms with Crippen LogP contribution in [0.3, 0.4) is 0 Å². The molecule has 0 bridgehead atoms. The van der Waals surface area contributed by atoms with Gasteiger partial charge in [0.2, 0.25) is 0 Å². The Morgan fingerprint density at radius 2 is 1.94 bits per heavy atom. The number of H-pyrrole nitrogens is 1.